The fourth-order valence-corrected chi connectivity index (χ4v) is 2.61. The third-order valence-electron chi connectivity index (χ3n) is 3.96. The van der Waals surface area contributed by atoms with Crippen molar-refractivity contribution in [2.24, 2.45) is 0 Å². The van der Waals surface area contributed by atoms with E-state index in [-0.39, 0.29) is 23.1 Å². The maximum Gasteiger partial charge on any atom is 0.471 e. The summed E-state index contributed by atoms with van der Waals surface area (Å²) in [7, 11) is 2.01. The summed E-state index contributed by atoms with van der Waals surface area (Å²) in [6, 6.07) is 2.68. The highest BCUT2D eigenvalue weighted by Gasteiger charge is 2.38. The number of halogens is 3. The number of pyridine rings is 1. The number of morpholine rings is 1. The maximum absolute atomic E-state index is 12.5. The fraction of sp³-hybridized carbons (Fsp3) is 0.533. The van der Waals surface area contributed by atoms with E-state index in [1.165, 1.54) is 22.9 Å². The number of nitrogens with zero attached hydrogens (tertiary/aromatic N) is 4. The van der Waals surface area contributed by atoms with Crippen molar-refractivity contribution in [3.05, 3.63) is 34.6 Å². The monoisotopic (exact) mass is 358 g/mol. The van der Waals surface area contributed by atoms with Crippen LogP contribution in [0.2, 0.25) is 0 Å². The number of alkyl halides is 3. The molecule has 0 aliphatic carbocycles. The molecule has 1 aliphatic rings. The molecule has 136 valence electrons. The van der Waals surface area contributed by atoms with Crippen LogP contribution in [-0.4, -0.2) is 52.5 Å². The number of hydrogen-bond donors (Lipinski definition) is 0. The third kappa shape index (κ3) is 4.26. The lowest BCUT2D eigenvalue weighted by molar-refractivity contribution is -0.159. The van der Waals surface area contributed by atoms with Gasteiger partial charge in [0, 0.05) is 37.5 Å². The highest BCUT2D eigenvalue weighted by molar-refractivity contribution is 5.52. The number of hydrogen-bond acceptors (Lipinski definition) is 6. The summed E-state index contributed by atoms with van der Waals surface area (Å²) in [5, 5.41) is 3.27. The Hall–Kier alpha value is -2.20. The summed E-state index contributed by atoms with van der Waals surface area (Å²) in [5.41, 5.74) is -0.172. The molecule has 1 saturated heterocycles. The maximum atomic E-state index is 12.5. The number of rotatable bonds is 4. The van der Waals surface area contributed by atoms with Crippen LogP contribution in [0.4, 0.5) is 13.2 Å². The van der Waals surface area contributed by atoms with E-state index in [9.17, 15) is 18.0 Å². The second-order valence-corrected chi connectivity index (χ2v) is 5.91. The lowest BCUT2D eigenvalue weighted by Crippen LogP contribution is -2.40. The van der Waals surface area contributed by atoms with Gasteiger partial charge in [0.15, 0.2) is 0 Å². The third-order valence-corrected chi connectivity index (χ3v) is 3.96. The van der Waals surface area contributed by atoms with Crippen LogP contribution in [0.3, 0.4) is 0 Å². The second-order valence-electron chi connectivity index (χ2n) is 5.91. The summed E-state index contributed by atoms with van der Waals surface area (Å²) in [5.74, 6) is -1.71. The SMILES string of the molecule is CN1CCOC(CCn2ccc(-c3noc(C(F)(F)F)n3)cc2=O)C1. The van der Waals surface area contributed by atoms with Gasteiger partial charge in [-0.3, -0.25) is 4.79 Å². The molecule has 3 heterocycles. The van der Waals surface area contributed by atoms with E-state index in [4.69, 9.17) is 4.74 Å². The van der Waals surface area contributed by atoms with Gasteiger partial charge in [0.05, 0.1) is 12.7 Å². The predicted octanol–water partition coefficient (Wildman–Crippen LogP) is 1.64. The zero-order valence-corrected chi connectivity index (χ0v) is 13.5. The lowest BCUT2D eigenvalue weighted by Gasteiger charge is -2.30. The Bertz CT molecular complexity index is 787. The Morgan fingerprint density at radius 1 is 1.40 bits per heavy atom. The van der Waals surface area contributed by atoms with Crippen molar-refractivity contribution in [3.63, 3.8) is 0 Å². The molecule has 1 atom stereocenters. The first-order valence-electron chi connectivity index (χ1n) is 7.75. The van der Waals surface area contributed by atoms with Crippen molar-refractivity contribution in [3.8, 4) is 11.4 Å². The lowest BCUT2D eigenvalue weighted by atomic mass is 10.2. The summed E-state index contributed by atoms with van der Waals surface area (Å²) < 4.78 is 48.8. The van der Waals surface area contributed by atoms with Crippen molar-refractivity contribution < 1.29 is 22.4 Å². The Morgan fingerprint density at radius 2 is 2.20 bits per heavy atom. The van der Waals surface area contributed by atoms with Gasteiger partial charge in [-0.15, -0.1) is 0 Å². The first kappa shape index (κ1) is 17.6. The van der Waals surface area contributed by atoms with Gasteiger partial charge in [-0.1, -0.05) is 5.16 Å². The van der Waals surface area contributed by atoms with E-state index in [2.05, 4.69) is 19.6 Å². The molecule has 0 radical (unpaired) electrons. The summed E-state index contributed by atoms with van der Waals surface area (Å²) in [4.78, 5) is 17.6. The van der Waals surface area contributed by atoms with Crippen LogP contribution in [0.15, 0.2) is 27.6 Å². The van der Waals surface area contributed by atoms with Crippen molar-refractivity contribution in [1.82, 2.24) is 19.6 Å². The Labute approximate surface area is 141 Å². The quantitative estimate of drug-likeness (QED) is 0.827. The summed E-state index contributed by atoms with van der Waals surface area (Å²) >= 11 is 0. The minimum atomic E-state index is -4.71. The molecule has 10 heteroatoms. The summed E-state index contributed by atoms with van der Waals surface area (Å²) in [6.07, 6.45) is -2.48. The largest absolute Gasteiger partial charge is 0.471 e. The molecule has 0 amide bonds. The van der Waals surface area contributed by atoms with E-state index in [1.807, 2.05) is 7.05 Å². The molecule has 0 aromatic carbocycles. The van der Waals surface area contributed by atoms with Crippen LogP contribution in [0.5, 0.6) is 0 Å². The van der Waals surface area contributed by atoms with Crippen LogP contribution in [-0.2, 0) is 17.5 Å². The number of likely N-dealkylation sites (N-methyl/N-ethyl adjacent to an activating group) is 1. The predicted molar refractivity (Wildman–Crippen MR) is 80.9 cm³/mol. The van der Waals surface area contributed by atoms with E-state index in [0.717, 1.165) is 13.1 Å². The molecule has 1 fully saturated rings. The van der Waals surface area contributed by atoms with Gasteiger partial charge in [0.2, 0.25) is 5.82 Å². The smallest absolute Gasteiger partial charge is 0.375 e. The topological polar surface area (TPSA) is 73.4 Å². The van der Waals surface area contributed by atoms with Crippen LogP contribution in [0, 0.1) is 0 Å². The highest BCUT2D eigenvalue weighted by atomic mass is 19.4. The average Bonchev–Trinajstić information content (AvgIpc) is 3.04. The van der Waals surface area contributed by atoms with Crippen molar-refractivity contribution in [2.75, 3.05) is 26.7 Å². The van der Waals surface area contributed by atoms with E-state index < -0.39 is 12.1 Å². The average molecular weight is 358 g/mol. The Morgan fingerprint density at radius 3 is 2.84 bits per heavy atom. The van der Waals surface area contributed by atoms with Gasteiger partial charge in [-0.25, -0.2) is 0 Å². The fourth-order valence-electron chi connectivity index (χ4n) is 2.61. The van der Waals surface area contributed by atoms with E-state index >= 15 is 0 Å². The second kappa shape index (κ2) is 6.96. The van der Waals surface area contributed by atoms with Gasteiger partial charge >= 0.3 is 12.1 Å². The minimum Gasteiger partial charge on any atom is -0.375 e. The molecule has 0 bridgehead atoms. The molecule has 0 saturated carbocycles. The minimum absolute atomic E-state index is 0.0527. The molecule has 7 nitrogen and oxygen atoms in total. The van der Waals surface area contributed by atoms with Crippen molar-refractivity contribution in [1.29, 1.82) is 0 Å². The van der Waals surface area contributed by atoms with Gasteiger partial charge in [-0.05, 0) is 19.5 Å². The van der Waals surface area contributed by atoms with Crippen molar-refractivity contribution in [2.45, 2.75) is 25.2 Å². The van der Waals surface area contributed by atoms with Gasteiger partial charge < -0.3 is 18.7 Å². The van der Waals surface area contributed by atoms with Gasteiger partial charge in [0.25, 0.3) is 5.56 Å². The Kier molecular flexibility index (Phi) is 4.91. The van der Waals surface area contributed by atoms with Gasteiger partial charge in [-0.2, -0.15) is 18.2 Å². The van der Waals surface area contributed by atoms with Crippen LogP contribution in [0.25, 0.3) is 11.4 Å². The van der Waals surface area contributed by atoms with Crippen LogP contribution >= 0.6 is 0 Å². The van der Waals surface area contributed by atoms with E-state index in [1.54, 1.807) is 0 Å². The zero-order valence-electron chi connectivity index (χ0n) is 13.5. The molecule has 2 aromatic rings. The molecule has 1 aliphatic heterocycles. The van der Waals surface area contributed by atoms with Crippen LogP contribution in [0.1, 0.15) is 12.3 Å². The number of ether oxygens (including phenoxy) is 1. The molecule has 3 rings (SSSR count). The number of aryl methyl sites for hydroxylation is 1. The molecule has 2 aromatic heterocycles. The molecular formula is C15H17F3N4O3. The first-order valence-corrected chi connectivity index (χ1v) is 7.75. The Balaban J connectivity index is 1.68. The molecular weight excluding hydrogens is 341 g/mol. The van der Waals surface area contributed by atoms with Crippen molar-refractivity contribution >= 4 is 0 Å². The molecule has 0 N–H and O–H groups in total. The van der Waals surface area contributed by atoms with Crippen LogP contribution < -0.4 is 5.56 Å². The standard InChI is InChI=1S/C15H17F3N4O3/c1-21-6-7-24-11(9-21)3-5-22-4-2-10(8-12(22)23)13-19-14(25-20-13)15(16,17)18/h2,4,8,11H,3,5-7,9H2,1H3. The molecule has 0 spiro atoms. The highest BCUT2D eigenvalue weighted by Crippen LogP contribution is 2.29. The summed E-state index contributed by atoms with van der Waals surface area (Å²) in [6.45, 7) is 2.80. The zero-order chi connectivity index (χ0) is 18.0. The van der Waals surface area contributed by atoms with E-state index in [0.29, 0.717) is 19.6 Å². The molecule has 1 unspecified atom stereocenters. The number of aromatic nitrogens is 3. The normalized spacial score (nSPS) is 19.3. The molecule has 25 heavy (non-hydrogen) atoms. The van der Waals surface area contributed by atoms with Gasteiger partial charge in [0.1, 0.15) is 0 Å². The first-order chi connectivity index (χ1) is 11.8.